The van der Waals surface area contributed by atoms with Crippen LogP contribution in [0.3, 0.4) is 0 Å². The molecular weight excluding hydrogens is 370 g/mol. The summed E-state index contributed by atoms with van der Waals surface area (Å²) in [4.78, 5) is 4.90. The van der Waals surface area contributed by atoms with Crippen LogP contribution >= 0.6 is 0 Å². The van der Waals surface area contributed by atoms with Crippen molar-refractivity contribution in [3.8, 4) is 0 Å². The maximum Gasteiger partial charge on any atom is 0.178 e. The van der Waals surface area contributed by atoms with Crippen molar-refractivity contribution in [3.63, 3.8) is 0 Å². The number of fused-ring (bicyclic) bond motifs is 1. The van der Waals surface area contributed by atoms with Gasteiger partial charge in [0.25, 0.3) is 0 Å². The first-order chi connectivity index (χ1) is 14.2. The Balaban J connectivity index is 1.52. The topological polar surface area (TPSA) is 67.3 Å². The van der Waals surface area contributed by atoms with E-state index in [2.05, 4.69) is 79.5 Å². The molecule has 0 saturated heterocycles. The lowest BCUT2D eigenvalue weighted by molar-refractivity contribution is 0.331. The average Bonchev–Trinajstić information content (AvgIpc) is 3.35. The maximum absolute atomic E-state index is 4.90. The zero-order chi connectivity index (χ0) is 21.1. The van der Waals surface area contributed by atoms with Crippen LogP contribution in [0.15, 0.2) is 30.5 Å². The molecule has 0 bridgehead atoms. The third kappa shape index (κ3) is 3.06. The fourth-order valence-corrected chi connectivity index (χ4v) is 5.28. The number of rotatable bonds is 4. The van der Waals surface area contributed by atoms with E-state index in [-0.39, 0.29) is 16.2 Å². The average molecular weight is 402 g/mol. The summed E-state index contributed by atoms with van der Waals surface area (Å²) in [5.74, 6) is 0.695. The molecule has 2 aromatic heterocycles. The first-order valence-corrected chi connectivity index (χ1v) is 11.1. The number of aromatic nitrogens is 5. The summed E-state index contributed by atoms with van der Waals surface area (Å²) < 4.78 is 0. The zero-order valence-corrected chi connectivity index (χ0v) is 18.7. The van der Waals surface area contributed by atoms with Crippen LogP contribution in [-0.2, 0) is 22.7 Å². The van der Waals surface area contributed by atoms with Gasteiger partial charge in [0, 0.05) is 18.0 Å². The molecule has 2 heterocycles. The van der Waals surface area contributed by atoms with Crippen molar-refractivity contribution in [2.24, 2.45) is 0 Å². The summed E-state index contributed by atoms with van der Waals surface area (Å²) in [6.45, 7) is 11.9. The van der Waals surface area contributed by atoms with Crippen molar-refractivity contribution in [2.75, 3.05) is 0 Å². The lowest BCUT2D eigenvalue weighted by Gasteiger charge is -2.43. The standard InChI is InChI=1S/C25H31N5/c1-16-12-19-20(24(4,5)9-8-23(19,2)3)14-18(16)25(10-11-25)21-7-6-17(15-26-21)13-22-27-29-30-28-22/h6-7,12,14-15H,8-11,13H2,1-5H3,(H,27,28,29,30). The number of tetrazole rings is 1. The van der Waals surface area contributed by atoms with Crippen LogP contribution in [0.2, 0.25) is 0 Å². The molecule has 3 aromatic rings. The highest BCUT2D eigenvalue weighted by Gasteiger charge is 2.49. The van der Waals surface area contributed by atoms with E-state index in [4.69, 9.17) is 4.98 Å². The monoisotopic (exact) mass is 401 g/mol. The number of aryl methyl sites for hydroxylation is 1. The van der Waals surface area contributed by atoms with Crippen LogP contribution in [-0.4, -0.2) is 25.6 Å². The van der Waals surface area contributed by atoms with E-state index < -0.39 is 0 Å². The SMILES string of the molecule is Cc1cc2c(cc1C1(c3ccc(Cc4nn[nH]n4)cn3)CC1)C(C)(C)CCC2(C)C. The van der Waals surface area contributed by atoms with Gasteiger partial charge in [0.05, 0.1) is 5.69 Å². The first kappa shape index (κ1) is 19.4. The zero-order valence-electron chi connectivity index (χ0n) is 18.7. The van der Waals surface area contributed by atoms with Gasteiger partial charge in [-0.1, -0.05) is 51.1 Å². The maximum atomic E-state index is 4.90. The Bertz CT molecular complexity index is 1070. The van der Waals surface area contributed by atoms with E-state index >= 15 is 0 Å². The molecule has 1 N–H and O–H groups in total. The van der Waals surface area contributed by atoms with Crippen LogP contribution in [0.5, 0.6) is 0 Å². The molecule has 1 aromatic carbocycles. The summed E-state index contributed by atoms with van der Waals surface area (Å²) in [6, 6.07) is 9.39. The van der Waals surface area contributed by atoms with E-state index in [0.717, 1.165) is 5.56 Å². The van der Waals surface area contributed by atoms with Crippen molar-refractivity contribution in [1.82, 2.24) is 25.6 Å². The highest BCUT2D eigenvalue weighted by Crippen LogP contribution is 2.56. The summed E-state index contributed by atoms with van der Waals surface area (Å²) in [5, 5.41) is 14.2. The summed E-state index contributed by atoms with van der Waals surface area (Å²) in [6.07, 6.45) is 7.47. The van der Waals surface area contributed by atoms with Gasteiger partial charge in [-0.05, 0) is 77.3 Å². The fraction of sp³-hybridized carbons (Fsp3) is 0.520. The second kappa shape index (κ2) is 6.47. The minimum atomic E-state index is 0.0709. The van der Waals surface area contributed by atoms with Gasteiger partial charge < -0.3 is 0 Å². The molecule has 1 saturated carbocycles. The van der Waals surface area contributed by atoms with E-state index in [1.54, 1.807) is 11.1 Å². The number of nitrogens with one attached hydrogen (secondary N) is 1. The molecule has 5 heteroatoms. The predicted octanol–water partition coefficient (Wildman–Crippen LogP) is 4.92. The minimum absolute atomic E-state index is 0.0709. The molecule has 1 fully saturated rings. The lowest BCUT2D eigenvalue weighted by atomic mass is 9.62. The van der Waals surface area contributed by atoms with E-state index in [1.807, 2.05) is 6.20 Å². The van der Waals surface area contributed by atoms with Crippen molar-refractivity contribution in [3.05, 3.63) is 69.8 Å². The first-order valence-electron chi connectivity index (χ1n) is 11.1. The molecule has 0 unspecified atom stereocenters. The minimum Gasteiger partial charge on any atom is -0.260 e. The highest BCUT2D eigenvalue weighted by molar-refractivity contribution is 5.53. The molecule has 0 radical (unpaired) electrons. The number of benzene rings is 1. The second-order valence-electron chi connectivity index (χ2n) is 10.6. The quantitative estimate of drug-likeness (QED) is 0.673. The fourth-order valence-electron chi connectivity index (χ4n) is 5.28. The van der Waals surface area contributed by atoms with Crippen molar-refractivity contribution < 1.29 is 0 Å². The smallest absolute Gasteiger partial charge is 0.178 e. The van der Waals surface area contributed by atoms with Gasteiger partial charge in [-0.25, -0.2) is 0 Å². The number of aromatic amines is 1. The molecule has 2 aliphatic rings. The van der Waals surface area contributed by atoms with Crippen LogP contribution in [0, 0.1) is 6.92 Å². The number of hydrogen-bond acceptors (Lipinski definition) is 4. The van der Waals surface area contributed by atoms with E-state index in [9.17, 15) is 0 Å². The number of H-pyrrole nitrogens is 1. The summed E-state index contributed by atoms with van der Waals surface area (Å²) >= 11 is 0. The van der Waals surface area contributed by atoms with Crippen LogP contribution in [0.4, 0.5) is 0 Å². The van der Waals surface area contributed by atoms with Gasteiger partial charge >= 0.3 is 0 Å². The largest absolute Gasteiger partial charge is 0.260 e. The summed E-state index contributed by atoms with van der Waals surface area (Å²) in [5.41, 5.74) is 8.82. The van der Waals surface area contributed by atoms with Gasteiger partial charge in [-0.15, -0.1) is 10.2 Å². The molecule has 5 nitrogen and oxygen atoms in total. The number of nitrogens with zero attached hydrogens (tertiary/aromatic N) is 4. The normalized spacial score (nSPS) is 20.6. The van der Waals surface area contributed by atoms with Crippen LogP contribution in [0.25, 0.3) is 0 Å². The molecule has 30 heavy (non-hydrogen) atoms. The van der Waals surface area contributed by atoms with Gasteiger partial charge in [0.1, 0.15) is 0 Å². The van der Waals surface area contributed by atoms with Crippen LogP contribution < -0.4 is 0 Å². The third-order valence-corrected chi connectivity index (χ3v) is 7.53. The molecular formula is C25H31N5. The number of hydrogen-bond donors (Lipinski definition) is 1. The van der Waals surface area contributed by atoms with Crippen molar-refractivity contribution in [1.29, 1.82) is 0 Å². The van der Waals surface area contributed by atoms with Gasteiger partial charge in [0.2, 0.25) is 0 Å². The molecule has 0 spiro atoms. The predicted molar refractivity (Wildman–Crippen MR) is 118 cm³/mol. The Morgan fingerprint density at radius 1 is 0.900 bits per heavy atom. The Hall–Kier alpha value is -2.56. The third-order valence-electron chi connectivity index (χ3n) is 7.53. The lowest BCUT2D eigenvalue weighted by Crippen LogP contribution is -2.34. The Morgan fingerprint density at radius 2 is 1.60 bits per heavy atom. The van der Waals surface area contributed by atoms with Crippen LogP contribution in [0.1, 0.15) is 92.7 Å². The van der Waals surface area contributed by atoms with Crippen molar-refractivity contribution >= 4 is 0 Å². The molecule has 0 amide bonds. The highest BCUT2D eigenvalue weighted by atomic mass is 15.5. The molecule has 0 aliphatic heterocycles. The van der Waals surface area contributed by atoms with Gasteiger partial charge in [0.15, 0.2) is 5.82 Å². The summed E-state index contributed by atoms with van der Waals surface area (Å²) in [7, 11) is 0. The number of pyridine rings is 1. The second-order valence-corrected chi connectivity index (χ2v) is 10.6. The Kier molecular flexibility index (Phi) is 4.18. The molecule has 0 atom stereocenters. The van der Waals surface area contributed by atoms with E-state index in [0.29, 0.717) is 12.2 Å². The Morgan fingerprint density at radius 3 is 2.17 bits per heavy atom. The van der Waals surface area contributed by atoms with Crippen molar-refractivity contribution in [2.45, 2.75) is 83.0 Å². The Labute approximate surface area is 178 Å². The van der Waals surface area contributed by atoms with Gasteiger partial charge in [-0.3, -0.25) is 4.98 Å². The molecule has 5 rings (SSSR count). The molecule has 156 valence electrons. The van der Waals surface area contributed by atoms with E-state index in [1.165, 1.54) is 42.5 Å². The van der Waals surface area contributed by atoms with Gasteiger partial charge in [-0.2, -0.15) is 5.21 Å². The molecule has 2 aliphatic carbocycles.